The maximum absolute atomic E-state index is 14.3. The summed E-state index contributed by atoms with van der Waals surface area (Å²) in [7, 11) is 3.20. The molecule has 0 saturated heterocycles. The lowest BCUT2D eigenvalue weighted by atomic mass is 9.92. The molecule has 43 heavy (non-hydrogen) atoms. The molecule has 5 rings (SSSR count). The Labute approximate surface area is 259 Å². The highest BCUT2D eigenvalue weighted by atomic mass is 35.5. The zero-order chi connectivity index (χ0) is 30.8. The largest absolute Gasteiger partial charge is 0.496 e. The van der Waals surface area contributed by atoms with Crippen molar-refractivity contribution in [2.75, 3.05) is 20.8 Å². The molecule has 0 spiro atoms. The molecule has 4 aromatic rings. The number of hydrogen-bond acceptors (Lipinski definition) is 7. The molecule has 0 fully saturated rings. The fourth-order valence-electron chi connectivity index (χ4n) is 5.29. The zero-order valence-electron chi connectivity index (χ0n) is 24.9. The molecule has 0 aliphatic carbocycles. The van der Waals surface area contributed by atoms with Gasteiger partial charge in [0, 0.05) is 16.1 Å². The van der Waals surface area contributed by atoms with E-state index >= 15 is 0 Å². The van der Waals surface area contributed by atoms with Gasteiger partial charge in [0.1, 0.15) is 17.5 Å². The van der Waals surface area contributed by atoms with Gasteiger partial charge in [-0.25, -0.2) is 9.79 Å². The number of rotatable bonds is 8. The lowest BCUT2D eigenvalue weighted by Crippen LogP contribution is -2.40. The minimum atomic E-state index is -0.899. The molecule has 9 heteroatoms. The molecule has 222 valence electrons. The minimum Gasteiger partial charge on any atom is -0.496 e. The summed E-state index contributed by atoms with van der Waals surface area (Å²) >= 11 is 7.75. The molecule has 2 heterocycles. The summed E-state index contributed by atoms with van der Waals surface area (Å²) in [5, 5.41) is 0.439. The minimum absolute atomic E-state index is 0.156. The number of hydrogen-bond donors (Lipinski definition) is 0. The van der Waals surface area contributed by atoms with Crippen LogP contribution in [0.2, 0.25) is 5.02 Å². The Bertz CT molecular complexity index is 1910. The SMILES string of the molecule is CCOC(=O)C1=C(c2ccccc2)N=c2s/c(=C\c3cc(C(C)C)c(OC)cc3C)c(=O)n2[C@H]1c1cc(Cl)ccc1OC. The van der Waals surface area contributed by atoms with E-state index in [1.165, 1.54) is 11.3 Å². The molecular formula is C34H33ClN2O5S. The van der Waals surface area contributed by atoms with Gasteiger partial charge < -0.3 is 14.2 Å². The van der Waals surface area contributed by atoms with Crippen LogP contribution >= 0.6 is 22.9 Å². The van der Waals surface area contributed by atoms with Gasteiger partial charge in [-0.3, -0.25) is 9.36 Å². The predicted octanol–water partition coefficient (Wildman–Crippen LogP) is 6.04. The van der Waals surface area contributed by atoms with Crippen molar-refractivity contribution in [1.82, 2.24) is 4.57 Å². The first kappa shape index (κ1) is 30.3. The van der Waals surface area contributed by atoms with Gasteiger partial charge in [-0.05, 0) is 72.9 Å². The Morgan fingerprint density at radius 1 is 1.07 bits per heavy atom. The number of thiazole rings is 1. The van der Waals surface area contributed by atoms with Gasteiger partial charge in [0.2, 0.25) is 0 Å². The third-order valence-corrected chi connectivity index (χ3v) is 8.61. The Balaban J connectivity index is 1.86. The van der Waals surface area contributed by atoms with Crippen LogP contribution in [0, 0.1) is 6.92 Å². The number of benzene rings is 3. The second-order valence-electron chi connectivity index (χ2n) is 10.4. The van der Waals surface area contributed by atoms with E-state index in [1.54, 1.807) is 43.9 Å². The van der Waals surface area contributed by atoms with Gasteiger partial charge >= 0.3 is 5.97 Å². The molecule has 0 radical (unpaired) electrons. The van der Waals surface area contributed by atoms with E-state index in [0.717, 1.165) is 28.0 Å². The van der Waals surface area contributed by atoms with E-state index in [0.29, 0.717) is 31.4 Å². The lowest BCUT2D eigenvalue weighted by molar-refractivity contribution is -0.138. The van der Waals surface area contributed by atoms with Gasteiger partial charge in [0.15, 0.2) is 4.80 Å². The zero-order valence-corrected chi connectivity index (χ0v) is 26.5. The summed E-state index contributed by atoms with van der Waals surface area (Å²) in [4.78, 5) is 33.4. The molecule has 0 unspecified atom stereocenters. The van der Waals surface area contributed by atoms with Crippen molar-refractivity contribution in [3.63, 3.8) is 0 Å². The molecular weight excluding hydrogens is 584 g/mol. The van der Waals surface area contributed by atoms with Gasteiger partial charge in [0.25, 0.3) is 5.56 Å². The highest BCUT2D eigenvalue weighted by molar-refractivity contribution is 7.07. The topological polar surface area (TPSA) is 79.1 Å². The summed E-state index contributed by atoms with van der Waals surface area (Å²) in [5.41, 5.74) is 4.57. The Hall–Kier alpha value is -4.14. The van der Waals surface area contributed by atoms with Gasteiger partial charge in [0.05, 0.1) is 36.6 Å². The highest BCUT2D eigenvalue weighted by Crippen LogP contribution is 2.40. The molecule has 0 amide bonds. The van der Waals surface area contributed by atoms with Crippen molar-refractivity contribution in [3.8, 4) is 11.5 Å². The number of carbonyl (C=O) groups excluding carboxylic acids is 1. The number of carbonyl (C=O) groups is 1. The van der Waals surface area contributed by atoms with E-state index in [-0.39, 0.29) is 23.7 Å². The van der Waals surface area contributed by atoms with E-state index in [2.05, 4.69) is 19.9 Å². The second-order valence-corrected chi connectivity index (χ2v) is 11.9. The van der Waals surface area contributed by atoms with Crippen LogP contribution in [0.15, 0.2) is 76.0 Å². The maximum atomic E-state index is 14.3. The monoisotopic (exact) mass is 616 g/mol. The van der Waals surface area contributed by atoms with E-state index in [9.17, 15) is 9.59 Å². The van der Waals surface area contributed by atoms with Crippen molar-refractivity contribution in [1.29, 1.82) is 0 Å². The summed E-state index contributed by atoms with van der Waals surface area (Å²) in [6.45, 7) is 8.09. The van der Waals surface area contributed by atoms with Crippen molar-refractivity contribution < 1.29 is 19.0 Å². The standard InChI is InChI=1S/C34H33ClN2O5S/c1-7-42-33(39)29-30(21-11-9-8-10-12-21)36-34-37(31(29)25-18-23(35)13-14-26(25)40-5)32(38)28(43-34)17-22-16-24(19(2)3)27(41-6)15-20(22)4/h8-19,31H,7H2,1-6H3/b28-17-/t31-/m0/s1. The van der Waals surface area contributed by atoms with Crippen molar-refractivity contribution >= 4 is 40.7 Å². The van der Waals surface area contributed by atoms with Crippen molar-refractivity contribution in [3.05, 3.63) is 119 Å². The first-order chi connectivity index (χ1) is 20.7. The van der Waals surface area contributed by atoms with E-state index in [4.69, 9.17) is 30.8 Å². The molecule has 1 atom stereocenters. The van der Waals surface area contributed by atoms with Crippen molar-refractivity contribution in [2.45, 2.75) is 39.7 Å². The molecule has 0 N–H and O–H groups in total. The third-order valence-electron chi connectivity index (χ3n) is 7.39. The van der Waals surface area contributed by atoms with Crippen LogP contribution < -0.4 is 24.4 Å². The average Bonchev–Trinajstić information content (AvgIpc) is 3.31. The second kappa shape index (κ2) is 12.6. The Morgan fingerprint density at radius 2 is 1.79 bits per heavy atom. The summed E-state index contributed by atoms with van der Waals surface area (Å²) < 4.78 is 18.9. The molecule has 7 nitrogen and oxygen atoms in total. The number of esters is 1. The summed E-state index contributed by atoms with van der Waals surface area (Å²) in [6.07, 6.45) is 1.88. The van der Waals surface area contributed by atoms with Gasteiger partial charge in [-0.1, -0.05) is 67.1 Å². The molecule has 1 aliphatic heterocycles. The number of nitrogens with zero attached hydrogens (tertiary/aromatic N) is 2. The fourth-order valence-corrected chi connectivity index (χ4v) is 6.47. The average molecular weight is 617 g/mol. The number of aryl methyl sites for hydroxylation is 1. The van der Waals surface area contributed by atoms with E-state index in [1.807, 2.05) is 49.4 Å². The van der Waals surface area contributed by atoms with Gasteiger partial charge in [-0.15, -0.1) is 0 Å². The third kappa shape index (κ3) is 5.77. The fraction of sp³-hybridized carbons (Fsp3) is 0.265. The highest BCUT2D eigenvalue weighted by Gasteiger charge is 2.37. The summed E-state index contributed by atoms with van der Waals surface area (Å²) in [6, 6.07) is 17.7. The quantitative estimate of drug-likeness (QED) is 0.226. The molecule has 0 bridgehead atoms. The number of methoxy groups -OCH3 is 2. The van der Waals surface area contributed by atoms with E-state index < -0.39 is 12.0 Å². The first-order valence-electron chi connectivity index (χ1n) is 14.0. The van der Waals surface area contributed by atoms with Crippen LogP contribution in [-0.2, 0) is 9.53 Å². The molecule has 0 saturated carbocycles. The van der Waals surface area contributed by atoms with Crippen LogP contribution in [-0.4, -0.2) is 31.4 Å². The Kier molecular flexibility index (Phi) is 8.89. The van der Waals surface area contributed by atoms with Crippen LogP contribution in [0.5, 0.6) is 11.5 Å². The van der Waals surface area contributed by atoms with Gasteiger partial charge in [-0.2, -0.15) is 0 Å². The molecule has 1 aliphatic rings. The first-order valence-corrected chi connectivity index (χ1v) is 15.2. The number of fused-ring (bicyclic) bond motifs is 1. The molecule has 1 aromatic heterocycles. The Morgan fingerprint density at radius 3 is 2.44 bits per heavy atom. The normalized spacial score (nSPS) is 14.9. The van der Waals surface area contributed by atoms with Crippen molar-refractivity contribution in [2.24, 2.45) is 4.99 Å². The smallest absolute Gasteiger partial charge is 0.338 e. The maximum Gasteiger partial charge on any atom is 0.338 e. The summed E-state index contributed by atoms with van der Waals surface area (Å²) in [5.74, 6) is 0.942. The van der Waals surface area contributed by atoms with Crippen LogP contribution in [0.25, 0.3) is 11.8 Å². The number of halogens is 1. The molecule has 3 aromatic carbocycles. The predicted molar refractivity (Wildman–Crippen MR) is 171 cm³/mol. The van der Waals surface area contributed by atoms with Crippen LogP contribution in [0.3, 0.4) is 0 Å². The lowest BCUT2D eigenvalue weighted by Gasteiger charge is -2.27. The van der Waals surface area contributed by atoms with Crippen LogP contribution in [0.4, 0.5) is 0 Å². The number of aromatic nitrogens is 1. The van der Waals surface area contributed by atoms with Crippen LogP contribution in [0.1, 0.15) is 60.5 Å². The number of ether oxygens (including phenoxy) is 3.